The van der Waals surface area contributed by atoms with Gasteiger partial charge in [-0.3, -0.25) is 0 Å². The van der Waals surface area contributed by atoms with Crippen LogP contribution in [-0.2, 0) is 0 Å². The Labute approximate surface area is 133 Å². The summed E-state index contributed by atoms with van der Waals surface area (Å²) in [5, 5.41) is 6.78. The number of rotatable bonds is 9. The molecular formula is C20H24N2. The molecule has 0 spiro atoms. The van der Waals surface area contributed by atoms with Gasteiger partial charge in [0.05, 0.1) is 0 Å². The molecule has 2 aromatic rings. The molecule has 0 aromatic heterocycles. The Morgan fingerprint density at radius 1 is 0.591 bits per heavy atom. The number of hydrogen-bond donors (Lipinski definition) is 2. The maximum absolute atomic E-state index is 3.39. The summed E-state index contributed by atoms with van der Waals surface area (Å²) in [6.45, 7) is 3.74. The van der Waals surface area contributed by atoms with Gasteiger partial charge in [-0.15, -0.1) is 0 Å². The molecule has 0 fully saturated rings. The van der Waals surface area contributed by atoms with E-state index in [1.807, 2.05) is 12.1 Å². The highest BCUT2D eigenvalue weighted by atomic mass is 14.9. The Balaban J connectivity index is 1.48. The predicted molar refractivity (Wildman–Crippen MR) is 96.7 cm³/mol. The smallest absolute Gasteiger partial charge is 0.0138 e. The minimum atomic E-state index is 0.899. The molecule has 0 saturated carbocycles. The second-order valence-electron chi connectivity index (χ2n) is 5.03. The van der Waals surface area contributed by atoms with Crippen molar-refractivity contribution in [2.24, 2.45) is 0 Å². The molecule has 0 bridgehead atoms. The Morgan fingerprint density at radius 2 is 1.00 bits per heavy atom. The van der Waals surface area contributed by atoms with Crippen LogP contribution in [0.4, 0.5) is 0 Å². The zero-order valence-electron chi connectivity index (χ0n) is 12.9. The summed E-state index contributed by atoms with van der Waals surface area (Å²) in [6, 6.07) is 20.7. The van der Waals surface area contributed by atoms with Crippen molar-refractivity contribution in [1.82, 2.24) is 10.6 Å². The molecule has 2 nitrogen and oxygen atoms in total. The Kier molecular flexibility index (Phi) is 7.78. The third-order valence-corrected chi connectivity index (χ3v) is 3.22. The van der Waals surface area contributed by atoms with Gasteiger partial charge in [0.25, 0.3) is 0 Å². The average Bonchev–Trinajstić information content (AvgIpc) is 2.58. The molecule has 0 saturated heterocycles. The fraction of sp³-hybridized carbons (Fsp3) is 0.200. The summed E-state index contributed by atoms with van der Waals surface area (Å²) in [5.74, 6) is 0. The first-order valence-corrected chi connectivity index (χ1v) is 7.80. The van der Waals surface area contributed by atoms with E-state index in [1.165, 1.54) is 11.1 Å². The SMILES string of the molecule is C(=C/c1ccccc1)/CNCCNC/C=C/c1ccccc1. The highest BCUT2D eigenvalue weighted by Crippen LogP contribution is 2.00. The summed E-state index contributed by atoms with van der Waals surface area (Å²) in [6.07, 6.45) is 8.60. The fourth-order valence-electron chi connectivity index (χ4n) is 2.07. The van der Waals surface area contributed by atoms with E-state index in [4.69, 9.17) is 0 Å². The van der Waals surface area contributed by atoms with Crippen LogP contribution in [0.3, 0.4) is 0 Å². The molecule has 0 aliphatic heterocycles. The molecule has 0 heterocycles. The van der Waals surface area contributed by atoms with Gasteiger partial charge in [-0.25, -0.2) is 0 Å². The van der Waals surface area contributed by atoms with Crippen molar-refractivity contribution >= 4 is 12.2 Å². The lowest BCUT2D eigenvalue weighted by Crippen LogP contribution is -2.27. The van der Waals surface area contributed by atoms with Crippen molar-refractivity contribution in [3.8, 4) is 0 Å². The summed E-state index contributed by atoms with van der Waals surface area (Å²) in [7, 11) is 0. The fourth-order valence-corrected chi connectivity index (χ4v) is 2.07. The first kappa shape index (κ1) is 16.2. The van der Waals surface area contributed by atoms with Crippen LogP contribution in [0, 0.1) is 0 Å². The first-order valence-electron chi connectivity index (χ1n) is 7.80. The van der Waals surface area contributed by atoms with Gasteiger partial charge in [0.2, 0.25) is 0 Å². The van der Waals surface area contributed by atoms with Gasteiger partial charge in [-0.2, -0.15) is 0 Å². The minimum absolute atomic E-state index is 0.899. The average molecular weight is 292 g/mol. The third kappa shape index (κ3) is 7.02. The van der Waals surface area contributed by atoms with Crippen LogP contribution in [0.5, 0.6) is 0 Å². The molecule has 2 aromatic carbocycles. The van der Waals surface area contributed by atoms with E-state index >= 15 is 0 Å². The van der Waals surface area contributed by atoms with Crippen molar-refractivity contribution in [3.63, 3.8) is 0 Å². The van der Waals surface area contributed by atoms with Gasteiger partial charge in [0, 0.05) is 26.2 Å². The van der Waals surface area contributed by atoms with Crippen molar-refractivity contribution in [2.75, 3.05) is 26.2 Å². The lowest BCUT2D eigenvalue weighted by atomic mass is 10.2. The van der Waals surface area contributed by atoms with Crippen LogP contribution in [0.15, 0.2) is 72.8 Å². The second kappa shape index (κ2) is 10.6. The van der Waals surface area contributed by atoms with Crippen molar-refractivity contribution in [1.29, 1.82) is 0 Å². The maximum Gasteiger partial charge on any atom is 0.0138 e. The van der Waals surface area contributed by atoms with Gasteiger partial charge < -0.3 is 10.6 Å². The summed E-state index contributed by atoms with van der Waals surface area (Å²) >= 11 is 0. The molecule has 114 valence electrons. The summed E-state index contributed by atoms with van der Waals surface area (Å²) in [5.41, 5.74) is 2.49. The minimum Gasteiger partial charge on any atom is -0.312 e. The van der Waals surface area contributed by atoms with Crippen LogP contribution in [0.25, 0.3) is 12.2 Å². The Morgan fingerprint density at radius 3 is 1.41 bits per heavy atom. The molecule has 0 aliphatic rings. The molecule has 0 atom stereocenters. The predicted octanol–water partition coefficient (Wildman–Crippen LogP) is 3.59. The first-order chi connectivity index (χ1) is 10.9. The van der Waals surface area contributed by atoms with Crippen LogP contribution in [0.2, 0.25) is 0 Å². The summed E-state index contributed by atoms with van der Waals surface area (Å²) < 4.78 is 0. The van der Waals surface area contributed by atoms with Gasteiger partial charge in [0.1, 0.15) is 0 Å². The molecule has 2 heteroatoms. The lowest BCUT2D eigenvalue weighted by molar-refractivity contribution is 0.669. The largest absolute Gasteiger partial charge is 0.312 e. The van der Waals surface area contributed by atoms with E-state index in [0.29, 0.717) is 0 Å². The Hall–Kier alpha value is -2.16. The quantitative estimate of drug-likeness (QED) is 0.690. The topological polar surface area (TPSA) is 24.1 Å². The van der Waals surface area contributed by atoms with Gasteiger partial charge >= 0.3 is 0 Å². The van der Waals surface area contributed by atoms with E-state index in [-0.39, 0.29) is 0 Å². The monoisotopic (exact) mass is 292 g/mol. The van der Waals surface area contributed by atoms with Gasteiger partial charge in [-0.1, -0.05) is 85.0 Å². The van der Waals surface area contributed by atoms with Crippen molar-refractivity contribution in [2.45, 2.75) is 0 Å². The summed E-state index contributed by atoms with van der Waals surface area (Å²) in [4.78, 5) is 0. The zero-order valence-corrected chi connectivity index (χ0v) is 12.9. The highest BCUT2D eigenvalue weighted by Gasteiger charge is 1.86. The van der Waals surface area contributed by atoms with E-state index in [1.54, 1.807) is 0 Å². The zero-order chi connectivity index (χ0) is 15.3. The van der Waals surface area contributed by atoms with Crippen LogP contribution >= 0.6 is 0 Å². The molecule has 0 radical (unpaired) electrons. The van der Waals surface area contributed by atoms with Crippen molar-refractivity contribution in [3.05, 3.63) is 83.9 Å². The maximum atomic E-state index is 3.39. The molecule has 22 heavy (non-hydrogen) atoms. The third-order valence-electron chi connectivity index (χ3n) is 3.22. The molecule has 0 amide bonds. The van der Waals surface area contributed by atoms with Crippen LogP contribution < -0.4 is 10.6 Å². The molecule has 2 N–H and O–H groups in total. The lowest BCUT2D eigenvalue weighted by Gasteiger charge is -2.02. The molecule has 0 aliphatic carbocycles. The van der Waals surface area contributed by atoms with E-state index < -0.39 is 0 Å². The molecular weight excluding hydrogens is 268 g/mol. The normalized spacial score (nSPS) is 11.5. The van der Waals surface area contributed by atoms with Gasteiger partial charge in [0.15, 0.2) is 0 Å². The number of nitrogens with one attached hydrogen (secondary N) is 2. The molecule has 0 unspecified atom stereocenters. The molecule has 2 rings (SSSR count). The number of hydrogen-bond acceptors (Lipinski definition) is 2. The van der Waals surface area contributed by atoms with Crippen LogP contribution in [-0.4, -0.2) is 26.2 Å². The second-order valence-corrected chi connectivity index (χ2v) is 5.03. The van der Waals surface area contributed by atoms with Gasteiger partial charge in [-0.05, 0) is 11.1 Å². The van der Waals surface area contributed by atoms with Crippen LogP contribution in [0.1, 0.15) is 11.1 Å². The highest BCUT2D eigenvalue weighted by molar-refractivity contribution is 5.49. The van der Waals surface area contributed by atoms with E-state index in [9.17, 15) is 0 Å². The van der Waals surface area contributed by atoms with E-state index in [0.717, 1.165) is 26.2 Å². The Bertz CT molecular complexity index is 505. The standard InChI is InChI=1S/C20H24N2/c1-3-9-19(10-4-1)13-7-15-21-17-18-22-16-8-14-20-11-5-2-6-12-20/h1-14,21-22H,15-18H2/b13-7-,14-8+. The van der Waals surface area contributed by atoms with Crippen molar-refractivity contribution < 1.29 is 0 Å². The van der Waals surface area contributed by atoms with E-state index in [2.05, 4.69) is 83.5 Å². The number of benzene rings is 2.